The molecule has 4 nitrogen and oxygen atoms in total. The highest BCUT2D eigenvalue weighted by Gasteiger charge is 2.20. The Morgan fingerprint density at radius 1 is 1.35 bits per heavy atom. The minimum absolute atomic E-state index is 0.123. The van der Waals surface area contributed by atoms with Crippen LogP contribution in [0.25, 0.3) is 0 Å². The maximum absolute atomic E-state index is 12.0. The summed E-state index contributed by atoms with van der Waals surface area (Å²) in [5.41, 5.74) is -0.134. The fourth-order valence-electron chi connectivity index (χ4n) is 1.59. The van der Waals surface area contributed by atoms with E-state index in [0.29, 0.717) is 0 Å². The van der Waals surface area contributed by atoms with Crippen molar-refractivity contribution in [3.8, 4) is 0 Å². The lowest BCUT2D eigenvalue weighted by Crippen LogP contribution is -2.45. The molecule has 0 fully saturated rings. The van der Waals surface area contributed by atoms with Crippen LogP contribution in [-0.4, -0.2) is 49.2 Å². The van der Waals surface area contributed by atoms with Crippen molar-refractivity contribution in [3.63, 3.8) is 0 Å². The van der Waals surface area contributed by atoms with Crippen LogP contribution in [0.4, 0.5) is 0 Å². The third-order valence-corrected chi connectivity index (χ3v) is 3.18. The van der Waals surface area contributed by atoms with Crippen LogP contribution in [0.3, 0.4) is 0 Å². The highest BCUT2D eigenvalue weighted by Crippen LogP contribution is 2.11. The summed E-state index contributed by atoms with van der Waals surface area (Å²) in [5, 5.41) is 3.25. The van der Waals surface area contributed by atoms with E-state index in [1.165, 1.54) is 0 Å². The summed E-state index contributed by atoms with van der Waals surface area (Å²) in [7, 11) is 1.71. The molecule has 0 heterocycles. The molecule has 1 unspecified atom stereocenters. The molecule has 1 amide bonds. The summed E-state index contributed by atoms with van der Waals surface area (Å²) in [6.07, 6.45) is 0.888. The monoisotopic (exact) mass is 244 g/mol. The lowest BCUT2D eigenvalue weighted by molar-refractivity contribution is -0.132. The smallest absolute Gasteiger partial charge is 0.239 e. The fraction of sp³-hybridized carbons (Fsp3) is 0.923. The van der Waals surface area contributed by atoms with Gasteiger partial charge >= 0.3 is 0 Å². The number of nitrogens with zero attached hydrogens (tertiary/aromatic N) is 1. The quantitative estimate of drug-likeness (QED) is 0.706. The van der Waals surface area contributed by atoms with Crippen LogP contribution >= 0.6 is 0 Å². The van der Waals surface area contributed by atoms with Crippen molar-refractivity contribution >= 4 is 5.91 Å². The van der Waals surface area contributed by atoms with Crippen molar-refractivity contribution < 1.29 is 9.53 Å². The van der Waals surface area contributed by atoms with Crippen molar-refractivity contribution in [2.75, 3.05) is 26.7 Å². The average Bonchev–Trinajstić information content (AvgIpc) is 2.30. The minimum atomic E-state index is -0.134. The van der Waals surface area contributed by atoms with Gasteiger partial charge in [0.1, 0.15) is 0 Å². The van der Waals surface area contributed by atoms with Gasteiger partial charge in [0.05, 0.1) is 11.6 Å². The Labute approximate surface area is 106 Å². The molecule has 0 aromatic carbocycles. The molecule has 0 saturated carbocycles. The number of likely N-dealkylation sites (N-methyl/N-ethyl adjacent to an activating group) is 1. The highest BCUT2D eigenvalue weighted by molar-refractivity contribution is 5.81. The van der Waals surface area contributed by atoms with Gasteiger partial charge < -0.3 is 15.0 Å². The number of ether oxygens (including phenoxy) is 1. The van der Waals surface area contributed by atoms with Crippen molar-refractivity contribution in [2.24, 2.45) is 0 Å². The van der Waals surface area contributed by atoms with Crippen LogP contribution in [0, 0.1) is 0 Å². The largest absolute Gasteiger partial charge is 0.379 e. The molecular formula is C13H28N2O2. The Morgan fingerprint density at radius 2 is 1.88 bits per heavy atom. The van der Waals surface area contributed by atoms with Gasteiger partial charge in [0.15, 0.2) is 0 Å². The summed E-state index contributed by atoms with van der Waals surface area (Å²) in [6, 6.07) is -0.123. The Kier molecular flexibility index (Phi) is 7.39. The number of carbonyl (C=O) groups excluding carboxylic acids is 1. The van der Waals surface area contributed by atoms with E-state index in [9.17, 15) is 4.79 Å². The lowest BCUT2D eigenvalue weighted by atomic mass is 10.1. The topological polar surface area (TPSA) is 41.6 Å². The molecule has 0 aliphatic rings. The van der Waals surface area contributed by atoms with E-state index < -0.39 is 0 Å². The second-order valence-electron chi connectivity index (χ2n) is 4.90. The fourth-order valence-corrected chi connectivity index (χ4v) is 1.59. The number of rotatable bonds is 8. The summed E-state index contributed by atoms with van der Waals surface area (Å²) in [6.45, 7) is 12.3. The summed E-state index contributed by atoms with van der Waals surface area (Å²) >= 11 is 0. The number of amides is 1. The molecular weight excluding hydrogens is 216 g/mol. The Morgan fingerprint density at radius 3 is 2.29 bits per heavy atom. The van der Waals surface area contributed by atoms with Gasteiger partial charge in [-0.25, -0.2) is 0 Å². The van der Waals surface area contributed by atoms with E-state index >= 15 is 0 Å². The number of hydrogen-bond donors (Lipinski definition) is 1. The minimum Gasteiger partial charge on any atom is -0.379 e. The lowest BCUT2D eigenvalue weighted by Gasteiger charge is -2.26. The molecule has 0 aliphatic carbocycles. The second-order valence-corrected chi connectivity index (χ2v) is 4.90. The standard InChI is InChI=1S/C13H28N2O2/c1-7-15(8-2)12(16)11(3)14-10-9-13(4,5)17-6/h11,14H,7-10H2,1-6H3. The van der Waals surface area contributed by atoms with Gasteiger partial charge in [-0.1, -0.05) is 0 Å². The van der Waals surface area contributed by atoms with Crippen molar-refractivity contribution in [2.45, 2.75) is 52.7 Å². The molecule has 1 N–H and O–H groups in total. The van der Waals surface area contributed by atoms with E-state index in [2.05, 4.69) is 5.32 Å². The third kappa shape index (κ3) is 6.03. The van der Waals surface area contributed by atoms with Gasteiger partial charge in [-0.2, -0.15) is 0 Å². The molecule has 0 bridgehead atoms. The van der Waals surface area contributed by atoms with Crippen molar-refractivity contribution in [3.05, 3.63) is 0 Å². The first-order valence-electron chi connectivity index (χ1n) is 6.45. The van der Waals surface area contributed by atoms with E-state index in [-0.39, 0.29) is 17.6 Å². The number of carbonyl (C=O) groups is 1. The molecule has 17 heavy (non-hydrogen) atoms. The highest BCUT2D eigenvalue weighted by atomic mass is 16.5. The van der Waals surface area contributed by atoms with Gasteiger partial charge in [-0.15, -0.1) is 0 Å². The molecule has 0 aromatic heterocycles. The van der Waals surface area contributed by atoms with Crippen molar-refractivity contribution in [1.29, 1.82) is 0 Å². The van der Waals surface area contributed by atoms with Crippen LogP contribution < -0.4 is 5.32 Å². The van der Waals surface area contributed by atoms with Gasteiger partial charge in [-0.05, 0) is 47.6 Å². The van der Waals surface area contributed by atoms with Gasteiger partial charge in [0, 0.05) is 20.2 Å². The molecule has 0 spiro atoms. The van der Waals surface area contributed by atoms with E-state index in [1.54, 1.807) is 7.11 Å². The Hall–Kier alpha value is -0.610. The van der Waals surface area contributed by atoms with E-state index in [0.717, 1.165) is 26.1 Å². The maximum atomic E-state index is 12.0. The summed E-state index contributed by atoms with van der Waals surface area (Å²) in [4.78, 5) is 13.8. The van der Waals surface area contributed by atoms with E-state index in [1.807, 2.05) is 39.5 Å². The predicted octanol–water partition coefficient (Wildman–Crippen LogP) is 1.65. The van der Waals surface area contributed by atoms with Crippen LogP contribution in [-0.2, 0) is 9.53 Å². The molecule has 1 atom stereocenters. The number of hydrogen-bond acceptors (Lipinski definition) is 3. The van der Waals surface area contributed by atoms with Crippen molar-refractivity contribution in [1.82, 2.24) is 10.2 Å². The van der Waals surface area contributed by atoms with Gasteiger partial charge in [-0.3, -0.25) is 4.79 Å². The van der Waals surface area contributed by atoms with Gasteiger partial charge in [0.2, 0.25) is 5.91 Å². The molecule has 102 valence electrons. The molecule has 4 heteroatoms. The Bertz CT molecular complexity index is 225. The molecule has 0 aromatic rings. The van der Waals surface area contributed by atoms with Crippen LogP contribution in [0.1, 0.15) is 41.0 Å². The molecule has 0 radical (unpaired) electrons. The van der Waals surface area contributed by atoms with Crippen LogP contribution in [0.2, 0.25) is 0 Å². The summed E-state index contributed by atoms with van der Waals surface area (Å²) in [5.74, 6) is 0.172. The zero-order valence-corrected chi connectivity index (χ0v) is 12.2. The van der Waals surface area contributed by atoms with Gasteiger partial charge in [0.25, 0.3) is 0 Å². The van der Waals surface area contributed by atoms with E-state index in [4.69, 9.17) is 4.74 Å². The third-order valence-electron chi connectivity index (χ3n) is 3.18. The zero-order chi connectivity index (χ0) is 13.5. The average molecular weight is 244 g/mol. The van der Waals surface area contributed by atoms with Crippen LogP contribution in [0.15, 0.2) is 0 Å². The number of methoxy groups -OCH3 is 1. The molecule has 0 saturated heterocycles. The first-order chi connectivity index (χ1) is 7.87. The predicted molar refractivity (Wildman–Crippen MR) is 71.1 cm³/mol. The second kappa shape index (κ2) is 7.67. The normalized spacial score (nSPS) is 13.5. The maximum Gasteiger partial charge on any atom is 0.239 e. The zero-order valence-electron chi connectivity index (χ0n) is 12.2. The molecule has 0 rings (SSSR count). The molecule has 0 aliphatic heterocycles. The first kappa shape index (κ1) is 16.4. The van der Waals surface area contributed by atoms with Crippen LogP contribution in [0.5, 0.6) is 0 Å². The SMILES string of the molecule is CCN(CC)C(=O)C(C)NCCC(C)(C)OC. The Balaban J connectivity index is 4.01. The first-order valence-corrected chi connectivity index (χ1v) is 6.45. The summed E-state index contributed by atoms with van der Waals surface area (Å²) < 4.78 is 5.33. The number of nitrogens with one attached hydrogen (secondary N) is 1.